The lowest BCUT2D eigenvalue weighted by Gasteiger charge is -2.25. The third-order valence-corrected chi connectivity index (χ3v) is 9.34. The number of fused-ring (bicyclic) bond motifs is 1. The first kappa shape index (κ1) is 34.0. The van der Waals surface area contributed by atoms with Crippen molar-refractivity contribution in [3.63, 3.8) is 0 Å². The molecule has 1 atom stereocenters. The molecule has 5 aromatic rings. The second kappa shape index (κ2) is 15.2. The van der Waals surface area contributed by atoms with Crippen molar-refractivity contribution in [2.75, 3.05) is 18.5 Å². The second-order valence-electron chi connectivity index (χ2n) is 11.1. The van der Waals surface area contributed by atoms with Gasteiger partial charge in [-0.3, -0.25) is 14.2 Å². The number of benzene rings is 4. The number of ether oxygens (including phenoxy) is 3. The highest BCUT2D eigenvalue weighted by atomic mass is 35.5. The third-order valence-electron chi connectivity index (χ3n) is 7.77. The highest BCUT2D eigenvalue weighted by Crippen LogP contribution is 2.33. The van der Waals surface area contributed by atoms with Crippen LogP contribution in [0.1, 0.15) is 43.5 Å². The highest BCUT2D eigenvalue weighted by molar-refractivity contribution is 7.07. The molecule has 0 saturated carbocycles. The Bertz CT molecular complexity index is 2210. The molecule has 8 nitrogen and oxygen atoms in total. The highest BCUT2D eigenvalue weighted by Gasteiger charge is 2.32. The summed E-state index contributed by atoms with van der Waals surface area (Å²) in [7, 11) is 0. The van der Waals surface area contributed by atoms with E-state index in [9.17, 15) is 9.59 Å². The summed E-state index contributed by atoms with van der Waals surface area (Å²) in [4.78, 5) is 33.3. The molecule has 0 bridgehead atoms. The zero-order chi connectivity index (χ0) is 34.5. The van der Waals surface area contributed by atoms with Crippen LogP contribution in [0.25, 0.3) is 6.08 Å². The number of nitrogens with one attached hydrogen (secondary N) is 1. The fraction of sp³-hybridized carbons (Fsp3) is 0.184. The molecule has 11 heteroatoms. The minimum atomic E-state index is -0.716. The number of rotatable bonds is 11. The van der Waals surface area contributed by atoms with E-state index < -0.39 is 6.04 Å². The molecule has 4 aromatic carbocycles. The van der Waals surface area contributed by atoms with E-state index in [2.05, 4.69) is 5.32 Å². The van der Waals surface area contributed by atoms with E-state index in [1.165, 1.54) is 11.3 Å². The van der Waals surface area contributed by atoms with E-state index >= 15 is 0 Å². The van der Waals surface area contributed by atoms with Gasteiger partial charge in [-0.2, -0.15) is 0 Å². The first-order valence-electron chi connectivity index (χ1n) is 15.7. The Balaban J connectivity index is 1.38. The molecule has 0 fully saturated rings. The number of anilines is 1. The topological polar surface area (TPSA) is 91.2 Å². The van der Waals surface area contributed by atoms with Crippen LogP contribution < -0.4 is 34.4 Å². The Labute approximate surface area is 297 Å². The lowest BCUT2D eigenvalue weighted by Crippen LogP contribution is -2.40. The van der Waals surface area contributed by atoms with Crippen LogP contribution in [-0.2, 0) is 11.4 Å². The number of nitrogens with zero attached hydrogens (tertiary/aromatic N) is 2. The van der Waals surface area contributed by atoms with E-state index in [1.807, 2.05) is 86.6 Å². The number of carbonyl (C=O) groups excluding carboxylic acids is 1. The Morgan fingerprint density at radius 1 is 0.918 bits per heavy atom. The molecule has 0 saturated heterocycles. The smallest absolute Gasteiger partial charge is 0.271 e. The van der Waals surface area contributed by atoms with Crippen LogP contribution in [0.5, 0.6) is 17.2 Å². The molecule has 6 rings (SSSR count). The first-order chi connectivity index (χ1) is 23.7. The number of para-hydroxylation sites is 1. The molecule has 49 heavy (non-hydrogen) atoms. The standard InChI is InChI=1S/C38H33Cl2N3O5S/c1-4-46-29-16-13-25(14-17-29)35-34(36(44)42-28-9-7-6-8-10-28)23(3)41-38-43(35)37(45)33(49-38)20-24-11-18-31(32(19-24)47-5-2)48-22-26-12-15-27(39)21-30(26)40/h6-21,35H,4-5,22H2,1-3H3,(H,42,44)/b33-20-/t35-/m0/s1. The molecule has 1 aromatic heterocycles. The van der Waals surface area contributed by atoms with Crippen LogP contribution in [0.15, 0.2) is 112 Å². The summed E-state index contributed by atoms with van der Waals surface area (Å²) in [5, 5.41) is 4.04. The third kappa shape index (κ3) is 7.59. The van der Waals surface area contributed by atoms with Gasteiger partial charge in [-0.25, -0.2) is 4.99 Å². The molecule has 0 radical (unpaired) electrons. The molecule has 1 N–H and O–H groups in total. The fourth-order valence-electron chi connectivity index (χ4n) is 5.51. The van der Waals surface area contributed by atoms with Crippen LogP contribution in [-0.4, -0.2) is 23.7 Å². The van der Waals surface area contributed by atoms with Crippen LogP contribution in [0.4, 0.5) is 5.69 Å². The quantitative estimate of drug-likeness (QED) is 0.153. The number of allylic oxidation sites excluding steroid dienone is 1. The van der Waals surface area contributed by atoms with E-state index in [0.29, 0.717) is 66.8 Å². The molecule has 1 aliphatic rings. The van der Waals surface area contributed by atoms with Crippen molar-refractivity contribution in [1.29, 1.82) is 0 Å². The summed E-state index contributed by atoms with van der Waals surface area (Å²) in [6.07, 6.45) is 1.80. The van der Waals surface area contributed by atoms with Crippen molar-refractivity contribution in [3.8, 4) is 17.2 Å². The average Bonchev–Trinajstić information content (AvgIpc) is 3.39. The predicted molar refractivity (Wildman–Crippen MR) is 195 cm³/mol. The van der Waals surface area contributed by atoms with Crippen molar-refractivity contribution < 1.29 is 19.0 Å². The summed E-state index contributed by atoms with van der Waals surface area (Å²) in [6, 6.07) is 26.7. The minimum absolute atomic E-state index is 0.221. The number of hydrogen-bond acceptors (Lipinski definition) is 7. The summed E-state index contributed by atoms with van der Waals surface area (Å²) >= 11 is 13.6. The van der Waals surface area contributed by atoms with Crippen LogP contribution in [0.3, 0.4) is 0 Å². The molecule has 2 heterocycles. The molecule has 250 valence electrons. The Morgan fingerprint density at radius 3 is 2.39 bits per heavy atom. The fourth-order valence-corrected chi connectivity index (χ4v) is 7.02. The van der Waals surface area contributed by atoms with Gasteiger partial charge < -0.3 is 19.5 Å². The van der Waals surface area contributed by atoms with E-state index in [1.54, 1.807) is 35.8 Å². The van der Waals surface area contributed by atoms with Crippen LogP contribution in [0, 0.1) is 0 Å². The zero-order valence-corrected chi connectivity index (χ0v) is 29.4. The normalized spacial score (nSPS) is 14.2. The summed E-state index contributed by atoms with van der Waals surface area (Å²) in [5.41, 5.74) is 3.56. The van der Waals surface area contributed by atoms with Gasteiger partial charge in [0.15, 0.2) is 16.3 Å². The second-order valence-corrected chi connectivity index (χ2v) is 12.9. The Morgan fingerprint density at radius 2 is 1.67 bits per heavy atom. The van der Waals surface area contributed by atoms with Gasteiger partial charge in [0.05, 0.1) is 35.1 Å². The van der Waals surface area contributed by atoms with Gasteiger partial charge in [0, 0.05) is 21.3 Å². The first-order valence-corrected chi connectivity index (χ1v) is 17.3. The summed E-state index contributed by atoms with van der Waals surface area (Å²) < 4.78 is 19.7. The maximum atomic E-state index is 14.2. The number of aromatic nitrogens is 1. The van der Waals surface area contributed by atoms with E-state index in [0.717, 1.165) is 16.7 Å². The van der Waals surface area contributed by atoms with Crippen molar-refractivity contribution in [2.24, 2.45) is 4.99 Å². The van der Waals surface area contributed by atoms with Gasteiger partial charge in [-0.1, -0.05) is 77.0 Å². The van der Waals surface area contributed by atoms with E-state index in [-0.39, 0.29) is 18.1 Å². The Kier molecular flexibility index (Phi) is 10.5. The summed E-state index contributed by atoms with van der Waals surface area (Å²) in [5.74, 6) is 1.42. The van der Waals surface area contributed by atoms with Gasteiger partial charge in [0.2, 0.25) is 0 Å². The van der Waals surface area contributed by atoms with Crippen molar-refractivity contribution in [3.05, 3.63) is 149 Å². The van der Waals surface area contributed by atoms with Crippen molar-refractivity contribution >= 4 is 52.2 Å². The van der Waals surface area contributed by atoms with Gasteiger partial charge in [0.1, 0.15) is 12.4 Å². The molecule has 1 aliphatic heterocycles. The summed E-state index contributed by atoms with van der Waals surface area (Å²) in [6.45, 7) is 6.76. The molecule has 1 amide bonds. The molecule has 0 unspecified atom stereocenters. The van der Waals surface area contributed by atoms with Gasteiger partial charge in [-0.05, 0) is 86.5 Å². The maximum Gasteiger partial charge on any atom is 0.271 e. The molecular formula is C38H33Cl2N3O5S. The molecule has 0 spiro atoms. The van der Waals surface area contributed by atoms with Gasteiger partial charge in [-0.15, -0.1) is 0 Å². The number of carbonyl (C=O) groups is 1. The van der Waals surface area contributed by atoms with Gasteiger partial charge in [0.25, 0.3) is 11.5 Å². The van der Waals surface area contributed by atoms with E-state index in [4.69, 9.17) is 42.4 Å². The molecular weight excluding hydrogens is 681 g/mol. The number of amides is 1. The number of thiazole rings is 1. The largest absolute Gasteiger partial charge is 0.494 e. The van der Waals surface area contributed by atoms with Crippen molar-refractivity contribution in [1.82, 2.24) is 4.57 Å². The monoisotopic (exact) mass is 713 g/mol. The SMILES string of the molecule is CCOc1ccc([C@H]2C(C(=O)Nc3ccccc3)=C(C)N=c3s/c(=C\c4ccc(OCc5ccc(Cl)cc5Cl)c(OCC)c4)c(=O)n32)cc1. The minimum Gasteiger partial charge on any atom is -0.494 e. The van der Waals surface area contributed by atoms with Crippen molar-refractivity contribution in [2.45, 2.75) is 33.4 Å². The lowest BCUT2D eigenvalue weighted by molar-refractivity contribution is -0.113. The Hall–Kier alpha value is -4.83. The number of hydrogen-bond donors (Lipinski definition) is 1. The maximum absolute atomic E-state index is 14.2. The predicted octanol–water partition coefficient (Wildman–Crippen LogP) is 7.56. The zero-order valence-electron chi connectivity index (χ0n) is 27.0. The molecule has 0 aliphatic carbocycles. The van der Waals surface area contributed by atoms with Crippen LogP contribution in [0.2, 0.25) is 10.0 Å². The van der Waals surface area contributed by atoms with Crippen LogP contribution >= 0.6 is 34.5 Å². The van der Waals surface area contributed by atoms with Gasteiger partial charge >= 0.3 is 0 Å². The number of halogens is 2. The average molecular weight is 715 g/mol. The lowest BCUT2D eigenvalue weighted by atomic mass is 9.95.